The SMILES string of the molecule is c1cc(CN2CCCCC2CCN2CCOCC2)cs1. The number of piperidine rings is 1. The van der Waals surface area contributed by atoms with Crippen LogP contribution in [0, 0.1) is 0 Å². The molecule has 2 aliphatic rings. The Balaban J connectivity index is 1.49. The Hall–Kier alpha value is -0.420. The van der Waals surface area contributed by atoms with Crippen LogP contribution in [0.5, 0.6) is 0 Å². The Bertz CT molecular complexity index is 376. The number of hydrogen-bond donors (Lipinski definition) is 0. The zero-order valence-electron chi connectivity index (χ0n) is 12.3. The van der Waals surface area contributed by atoms with Gasteiger partial charge >= 0.3 is 0 Å². The summed E-state index contributed by atoms with van der Waals surface area (Å²) in [5.41, 5.74) is 1.49. The third-order valence-electron chi connectivity index (χ3n) is 4.60. The number of nitrogens with zero attached hydrogens (tertiary/aromatic N) is 2. The predicted octanol–water partition coefficient (Wildman–Crippen LogP) is 2.82. The van der Waals surface area contributed by atoms with Crippen molar-refractivity contribution >= 4 is 11.3 Å². The molecule has 3 nitrogen and oxygen atoms in total. The lowest BCUT2D eigenvalue weighted by molar-refractivity contribution is 0.0302. The molecule has 1 unspecified atom stereocenters. The molecule has 2 saturated heterocycles. The molecular formula is C16H26N2OS. The molecule has 0 amide bonds. The van der Waals surface area contributed by atoms with Gasteiger partial charge < -0.3 is 4.74 Å². The van der Waals surface area contributed by atoms with Gasteiger partial charge in [0.2, 0.25) is 0 Å². The number of likely N-dealkylation sites (tertiary alicyclic amines) is 1. The van der Waals surface area contributed by atoms with Crippen LogP contribution in [0.25, 0.3) is 0 Å². The van der Waals surface area contributed by atoms with E-state index in [2.05, 4.69) is 26.6 Å². The maximum atomic E-state index is 5.43. The molecule has 1 aromatic rings. The van der Waals surface area contributed by atoms with E-state index < -0.39 is 0 Å². The highest BCUT2D eigenvalue weighted by atomic mass is 32.1. The van der Waals surface area contributed by atoms with E-state index in [1.54, 1.807) is 0 Å². The number of ether oxygens (including phenoxy) is 1. The van der Waals surface area contributed by atoms with E-state index in [-0.39, 0.29) is 0 Å². The molecule has 0 saturated carbocycles. The van der Waals surface area contributed by atoms with Gasteiger partial charge in [-0.1, -0.05) is 6.42 Å². The van der Waals surface area contributed by atoms with Crippen molar-refractivity contribution in [2.24, 2.45) is 0 Å². The first kappa shape index (κ1) is 14.5. The summed E-state index contributed by atoms with van der Waals surface area (Å²) in [6, 6.07) is 3.06. The standard InChI is InChI=1S/C16H26N2OS/c1-2-6-18(13-15-5-12-20-14-15)16(3-1)4-7-17-8-10-19-11-9-17/h5,12,14,16H,1-4,6-11,13H2. The van der Waals surface area contributed by atoms with Crippen LogP contribution < -0.4 is 0 Å². The van der Waals surface area contributed by atoms with Crippen LogP contribution in [0.15, 0.2) is 16.8 Å². The van der Waals surface area contributed by atoms with Crippen LogP contribution in [0.1, 0.15) is 31.2 Å². The molecule has 112 valence electrons. The average Bonchev–Trinajstić information content (AvgIpc) is 3.00. The maximum absolute atomic E-state index is 5.43. The molecule has 3 rings (SSSR count). The summed E-state index contributed by atoms with van der Waals surface area (Å²) in [4.78, 5) is 5.28. The van der Waals surface area contributed by atoms with Crippen molar-refractivity contribution in [1.82, 2.24) is 9.80 Å². The predicted molar refractivity (Wildman–Crippen MR) is 84.2 cm³/mol. The molecule has 0 spiro atoms. The van der Waals surface area contributed by atoms with Crippen LogP contribution in [0.3, 0.4) is 0 Å². The topological polar surface area (TPSA) is 15.7 Å². The van der Waals surface area contributed by atoms with Gasteiger partial charge in [-0.25, -0.2) is 0 Å². The molecule has 1 aromatic heterocycles. The summed E-state index contributed by atoms with van der Waals surface area (Å²) < 4.78 is 5.43. The fourth-order valence-corrected chi connectivity index (χ4v) is 4.03. The summed E-state index contributed by atoms with van der Waals surface area (Å²) in [6.45, 7) is 7.76. The van der Waals surface area contributed by atoms with E-state index in [1.807, 2.05) is 11.3 Å². The van der Waals surface area contributed by atoms with Gasteiger partial charge in [-0.15, -0.1) is 0 Å². The molecular weight excluding hydrogens is 268 g/mol. The lowest BCUT2D eigenvalue weighted by Gasteiger charge is -2.37. The first-order valence-electron chi connectivity index (χ1n) is 7.97. The van der Waals surface area contributed by atoms with Crippen molar-refractivity contribution in [2.45, 2.75) is 38.3 Å². The lowest BCUT2D eigenvalue weighted by Crippen LogP contribution is -2.43. The van der Waals surface area contributed by atoms with Crippen molar-refractivity contribution < 1.29 is 4.74 Å². The first-order chi connectivity index (χ1) is 9.92. The van der Waals surface area contributed by atoms with Crippen LogP contribution in [0.2, 0.25) is 0 Å². The van der Waals surface area contributed by atoms with Crippen LogP contribution >= 0.6 is 11.3 Å². The first-order valence-corrected chi connectivity index (χ1v) is 8.91. The van der Waals surface area contributed by atoms with E-state index in [9.17, 15) is 0 Å². The van der Waals surface area contributed by atoms with Gasteiger partial charge in [-0.05, 0) is 54.7 Å². The van der Waals surface area contributed by atoms with Crippen LogP contribution in [0.4, 0.5) is 0 Å². The zero-order valence-corrected chi connectivity index (χ0v) is 13.1. The molecule has 0 N–H and O–H groups in total. The fourth-order valence-electron chi connectivity index (χ4n) is 3.37. The Kier molecular flexibility index (Phi) is 5.48. The minimum absolute atomic E-state index is 0.784. The third-order valence-corrected chi connectivity index (χ3v) is 5.33. The number of hydrogen-bond acceptors (Lipinski definition) is 4. The Morgan fingerprint density at radius 2 is 2.10 bits per heavy atom. The van der Waals surface area contributed by atoms with Crippen molar-refractivity contribution in [3.05, 3.63) is 22.4 Å². The summed E-state index contributed by atoms with van der Waals surface area (Å²) >= 11 is 1.82. The number of thiophene rings is 1. The lowest BCUT2D eigenvalue weighted by atomic mass is 9.98. The van der Waals surface area contributed by atoms with Gasteiger partial charge in [-0.2, -0.15) is 11.3 Å². The summed E-state index contributed by atoms with van der Waals surface area (Å²) in [5, 5.41) is 4.50. The Morgan fingerprint density at radius 3 is 2.90 bits per heavy atom. The van der Waals surface area contributed by atoms with Crippen LogP contribution in [-0.4, -0.2) is 55.2 Å². The van der Waals surface area contributed by atoms with E-state index in [1.165, 1.54) is 44.3 Å². The second-order valence-corrected chi connectivity index (χ2v) is 6.77. The van der Waals surface area contributed by atoms with E-state index >= 15 is 0 Å². The summed E-state index contributed by atoms with van der Waals surface area (Å²) in [5.74, 6) is 0. The van der Waals surface area contributed by atoms with E-state index in [0.29, 0.717) is 0 Å². The normalized spacial score (nSPS) is 25.9. The van der Waals surface area contributed by atoms with E-state index in [0.717, 1.165) is 38.9 Å². The van der Waals surface area contributed by atoms with Gasteiger partial charge in [0.25, 0.3) is 0 Å². The number of morpholine rings is 1. The second-order valence-electron chi connectivity index (χ2n) is 5.99. The molecule has 20 heavy (non-hydrogen) atoms. The largest absolute Gasteiger partial charge is 0.379 e. The molecule has 0 aromatic carbocycles. The van der Waals surface area contributed by atoms with E-state index in [4.69, 9.17) is 4.74 Å². The average molecular weight is 294 g/mol. The van der Waals surface area contributed by atoms with Crippen molar-refractivity contribution in [3.63, 3.8) is 0 Å². The van der Waals surface area contributed by atoms with Gasteiger partial charge in [0.15, 0.2) is 0 Å². The monoisotopic (exact) mass is 294 g/mol. The highest BCUT2D eigenvalue weighted by Gasteiger charge is 2.23. The molecule has 2 aliphatic heterocycles. The Morgan fingerprint density at radius 1 is 1.20 bits per heavy atom. The molecule has 0 aliphatic carbocycles. The molecule has 0 bridgehead atoms. The fraction of sp³-hybridized carbons (Fsp3) is 0.750. The number of rotatable bonds is 5. The highest BCUT2D eigenvalue weighted by molar-refractivity contribution is 7.07. The Labute approximate surface area is 126 Å². The second kappa shape index (κ2) is 7.55. The minimum Gasteiger partial charge on any atom is -0.379 e. The maximum Gasteiger partial charge on any atom is 0.0594 e. The molecule has 4 heteroatoms. The van der Waals surface area contributed by atoms with Crippen molar-refractivity contribution in [2.75, 3.05) is 39.4 Å². The van der Waals surface area contributed by atoms with Gasteiger partial charge in [0, 0.05) is 25.7 Å². The zero-order chi connectivity index (χ0) is 13.6. The molecule has 1 atom stereocenters. The summed E-state index contributed by atoms with van der Waals surface area (Å²) in [6.07, 6.45) is 5.49. The molecule has 0 radical (unpaired) electrons. The van der Waals surface area contributed by atoms with Crippen molar-refractivity contribution in [1.29, 1.82) is 0 Å². The van der Waals surface area contributed by atoms with Gasteiger partial charge in [-0.3, -0.25) is 9.80 Å². The summed E-state index contributed by atoms with van der Waals surface area (Å²) in [7, 11) is 0. The van der Waals surface area contributed by atoms with Gasteiger partial charge in [0.05, 0.1) is 13.2 Å². The molecule has 3 heterocycles. The minimum atomic E-state index is 0.784. The van der Waals surface area contributed by atoms with Gasteiger partial charge in [0.1, 0.15) is 0 Å². The third kappa shape index (κ3) is 4.04. The molecule has 2 fully saturated rings. The quantitative estimate of drug-likeness (QED) is 0.830. The highest BCUT2D eigenvalue weighted by Crippen LogP contribution is 2.23. The van der Waals surface area contributed by atoms with Crippen LogP contribution in [-0.2, 0) is 11.3 Å². The smallest absolute Gasteiger partial charge is 0.0594 e. The van der Waals surface area contributed by atoms with Crippen molar-refractivity contribution in [3.8, 4) is 0 Å².